The summed E-state index contributed by atoms with van der Waals surface area (Å²) in [5.41, 5.74) is 7.31. The van der Waals surface area contributed by atoms with Crippen molar-refractivity contribution in [3.63, 3.8) is 0 Å². The van der Waals surface area contributed by atoms with E-state index in [1.165, 1.54) is 12.5 Å². The summed E-state index contributed by atoms with van der Waals surface area (Å²) < 4.78 is 36.0. The Hall–Kier alpha value is -2.55. The van der Waals surface area contributed by atoms with E-state index in [0.717, 1.165) is 6.42 Å². The molecule has 2 aromatic rings. The minimum absolute atomic E-state index is 0.103. The molecule has 0 radical (unpaired) electrons. The van der Waals surface area contributed by atoms with E-state index >= 15 is 0 Å². The van der Waals surface area contributed by atoms with Gasteiger partial charge in [-0.1, -0.05) is 0 Å². The van der Waals surface area contributed by atoms with Gasteiger partial charge in [0.25, 0.3) is 0 Å². The van der Waals surface area contributed by atoms with Crippen molar-refractivity contribution in [1.82, 2.24) is 15.0 Å². The highest BCUT2D eigenvalue weighted by Crippen LogP contribution is 2.44. The Kier molecular flexibility index (Phi) is 3.64. The van der Waals surface area contributed by atoms with E-state index < -0.39 is 6.61 Å². The fourth-order valence-electron chi connectivity index (χ4n) is 3.31. The molecule has 2 unspecified atom stereocenters. The molecular formula is C15H15F2N5O2. The molecule has 2 aromatic heterocycles. The number of fused-ring (bicyclic) bond motifs is 2. The lowest BCUT2D eigenvalue weighted by Crippen LogP contribution is -2.37. The average molecular weight is 335 g/mol. The molecule has 0 aromatic carbocycles. The maximum absolute atomic E-state index is 12.9. The second kappa shape index (κ2) is 5.82. The van der Waals surface area contributed by atoms with Crippen molar-refractivity contribution in [2.45, 2.75) is 25.2 Å². The van der Waals surface area contributed by atoms with Gasteiger partial charge in [-0.25, -0.2) is 15.0 Å². The summed E-state index contributed by atoms with van der Waals surface area (Å²) in [4.78, 5) is 14.2. The van der Waals surface area contributed by atoms with Gasteiger partial charge in [0, 0.05) is 12.7 Å². The summed E-state index contributed by atoms with van der Waals surface area (Å²) in [5, 5.41) is 0. The molecular weight excluding hydrogens is 320 g/mol. The first kappa shape index (κ1) is 15.0. The first-order chi connectivity index (χ1) is 11.6. The van der Waals surface area contributed by atoms with Crippen molar-refractivity contribution in [2.75, 3.05) is 23.8 Å². The number of anilines is 2. The SMILES string of the molecule is Nc1ncc(N2CC3CC2CO3)c(-c2ccncn2)c1OC(F)F. The Bertz CT molecular complexity index is 746. The topological polar surface area (TPSA) is 86.4 Å². The second-order valence-electron chi connectivity index (χ2n) is 5.70. The number of nitrogens with two attached hydrogens (primary N) is 1. The quantitative estimate of drug-likeness (QED) is 0.910. The van der Waals surface area contributed by atoms with Crippen LogP contribution in [0.4, 0.5) is 20.3 Å². The Morgan fingerprint density at radius 2 is 2.25 bits per heavy atom. The van der Waals surface area contributed by atoms with Crippen LogP contribution in [0.5, 0.6) is 5.75 Å². The minimum Gasteiger partial charge on any atom is -0.430 e. The Labute approximate surface area is 136 Å². The van der Waals surface area contributed by atoms with Gasteiger partial charge in [-0.2, -0.15) is 8.78 Å². The molecule has 0 amide bonds. The van der Waals surface area contributed by atoms with Gasteiger partial charge in [0.2, 0.25) is 0 Å². The lowest BCUT2D eigenvalue weighted by Gasteiger charge is -2.31. The predicted octanol–water partition coefficient (Wildman–Crippen LogP) is 1.70. The molecule has 2 fully saturated rings. The fraction of sp³-hybridized carbons (Fsp3) is 0.400. The van der Waals surface area contributed by atoms with E-state index in [1.807, 2.05) is 0 Å². The van der Waals surface area contributed by atoms with Crippen LogP contribution in [0.1, 0.15) is 6.42 Å². The molecule has 7 nitrogen and oxygen atoms in total. The summed E-state index contributed by atoms with van der Waals surface area (Å²) in [7, 11) is 0. The van der Waals surface area contributed by atoms with Crippen molar-refractivity contribution in [2.24, 2.45) is 0 Å². The van der Waals surface area contributed by atoms with Crippen LogP contribution in [0, 0.1) is 0 Å². The number of morpholine rings is 1. The molecule has 126 valence electrons. The van der Waals surface area contributed by atoms with Crippen molar-refractivity contribution in [3.05, 3.63) is 24.8 Å². The molecule has 4 heterocycles. The zero-order valence-corrected chi connectivity index (χ0v) is 12.6. The van der Waals surface area contributed by atoms with Crippen LogP contribution in [0.15, 0.2) is 24.8 Å². The molecule has 0 aliphatic carbocycles. The van der Waals surface area contributed by atoms with E-state index in [0.29, 0.717) is 30.1 Å². The number of aromatic nitrogens is 3. The number of nitrogen functional groups attached to an aromatic ring is 1. The Morgan fingerprint density at radius 1 is 1.38 bits per heavy atom. The third kappa shape index (κ3) is 2.50. The van der Waals surface area contributed by atoms with Crippen LogP contribution < -0.4 is 15.4 Å². The maximum Gasteiger partial charge on any atom is 0.387 e. The van der Waals surface area contributed by atoms with E-state index in [4.69, 9.17) is 10.5 Å². The standard InChI is InChI=1S/C15H15F2N5O2/c16-15(17)24-13-12(10-1-2-19-7-21-10)11(4-20-14(13)18)22-5-9-3-8(22)6-23-9/h1-2,4,7-9,15H,3,5-6H2,(H2,18,20). The van der Waals surface area contributed by atoms with E-state index in [9.17, 15) is 8.78 Å². The van der Waals surface area contributed by atoms with Gasteiger partial charge >= 0.3 is 6.61 Å². The highest BCUT2D eigenvalue weighted by atomic mass is 19.3. The smallest absolute Gasteiger partial charge is 0.387 e. The molecule has 2 aliphatic heterocycles. The zero-order chi connectivity index (χ0) is 16.7. The van der Waals surface area contributed by atoms with E-state index in [2.05, 4.69) is 24.6 Å². The summed E-state index contributed by atoms with van der Waals surface area (Å²) in [5.74, 6) is -0.266. The Morgan fingerprint density at radius 3 is 2.88 bits per heavy atom. The van der Waals surface area contributed by atoms with Crippen LogP contribution in [-0.2, 0) is 4.74 Å². The number of rotatable bonds is 4. The van der Waals surface area contributed by atoms with Gasteiger partial charge in [0.1, 0.15) is 6.33 Å². The van der Waals surface area contributed by atoms with Gasteiger partial charge in [-0.3, -0.25) is 0 Å². The lowest BCUT2D eigenvalue weighted by atomic mass is 10.1. The first-order valence-corrected chi connectivity index (χ1v) is 7.51. The van der Waals surface area contributed by atoms with Crippen molar-refractivity contribution in [3.8, 4) is 17.0 Å². The summed E-state index contributed by atoms with van der Waals surface area (Å²) in [6, 6.07) is 1.81. The number of nitrogens with zero attached hydrogens (tertiary/aromatic N) is 4. The monoisotopic (exact) mass is 335 g/mol. The average Bonchev–Trinajstić information content (AvgIpc) is 3.20. The number of ether oxygens (including phenoxy) is 2. The molecule has 0 saturated carbocycles. The van der Waals surface area contributed by atoms with Crippen LogP contribution in [0.25, 0.3) is 11.3 Å². The minimum atomic E-state index is -3.01. The normalized spacial score (nSPS) is 22.4. The molecule has 9 heteroatoms. The lowest BCUT2D eigenvalue weighted by molar-refractivity contribution is -0.0491. The van der Waals surface area contributed by atoms with Crippen molar-refractivity contribution >= 4 is 11.5 Å². The zero-order valence-electron chi connectivity index (χ0n) is 12.6. The first-order valence-electron chi connectivity index (χ1n) is 7.51. The predicted molar refractivity (Wildman–Crippen MR) is 81.8 cm³/mol. The van der Waals surface area contributed by atoms with Crippen LogP contribution in [-0.4, -0.2) is 46.9 Å². The molecule has 2 saturated heterocycles. The van der Waals surface area contributed by atoms with E-state index in [1.54, 1.807) is 12.3 Å². The maximum atomic E-state index is 12.9. The Balaban J connectivity index is 1.87. The highest BCUT2D eigenvalue weighted by Gasteiger charge is 2.40. The van der Waals surface area contributed by atoms with Gasteiger partial charge in [-0.05, 0) is 12.5 Å². The fourth-order valence-corrected chi connectivity index (χ4v) is 3.31. The summed E-state index contributed by atoms with van der Waals surface area (Å²) >= 11 is 0. The summed E-state index contributed by atoms with van der Waals surface area (Å²) in [6.07, 6.45) is 5.50. The molecule has 2 bridgehead atoms. The number of hydrogen-bond donors (Lipinski definition) is 1. The highest BCUT2D eigenvalue weighted by molar-refractivity contribution is 5.85. The molecule has 4 rings (SSSR count). The number of hydrogen-bond acceptors (Lipinski definition) is 7. The number of halogens is 2. The second-order valence-corrected chi connectivity index (χ2v) is 5.70. The molecule has 0 spiro atoms. The molecule has 24 heavy (non-hydrogen) atoms. The number of pyridine rings is 1. The van der Waals surface area contributed by atoms with Crippen LogP contribution in [0.2, 0.25) is 0 Å². The summed E-state index contributed by atoms with van der Waals surface area (Å²) in [6.45, 7) is -1.74. The van der Waals surface area contributed by atoms with Gasteiger partial charge < -0.3 is 20.1 Å². The van der Waals surface area contributed by atoms with E-state index in [-0.39, 0.29) is 23.7 Å². The molecule has 2 N–H and O–H groups in total. The largest absolute Gasteiger partial charge is 0.430 e. The van der Waals surface area contributed by atoms with Crippen LogP contribution >= 0.6 is 0 Å². The molecule has 2 aliphatic rings. The van der Waals surface area contributed by atoms with Crippen LogP contribution in [0.3, 0.4) is 0 Å². The van der Waals surface area contributed by atoms with Crippen molar-refractivity contribution in [1.29, 1.82) is 0 Å². The third-order valence-electron chi connectivity index (χ3n) is 4.30. The van der Waals surface area contributed by atoms with Gasteiger partial charge in [0.05, 0.1) is 41.9 Å². The van der Waals surface area contributed by atoms with Crippen molar-refractivity contribution < 1.29 is 18.3 Å². The number of alkyl halides is 2. The third-order valence-corrected chi connectivity index (χ3v) is 4.30. The van der Waals surface area contributed by atoms with Gasteiger partial charge in [0.15, 0.2) is 11.6 Å². The van der Waals surface area contributed by atoms with Gasteiger partial charge in [-0.15, -0.1) is 0 Å². The molecule has 2 atom stereocenters.